The van der Waals surface area contributed by atoms with Crippen LogP contribution < -0.4 is 0 Å². The first-order chi connectivity index (χ1) is 13.7. The van der Waals surface area contributed by atoms with E-state index in [4.69, 9.17) is 0 Å². The van der Waals surface area contributed by atoms with Crippen LogP contribution in [0.1, 0.15) is 48.0 Å². The molecule has 1 aromatic heterocycles. The lowest BCUT2D eigenvalue weighted by Crippen LogP contribution is -2.58. The molecule has 2 N–H and O–H groups in total. The van der Waals surface area contributed by atoms with Gasteiger partial charge >= 0.3 is 0 Å². The molecule has 1 amide bonds. The third kappa shape index (κ3) is 2.67. The number of rotatable bonds is 2. The maximum absolute atomic E-state index is 13.5. The molecule has 2 heterocycles. The number of amides is 1. The average molecular weight is 374 g/mol. The van der Waals surface area contributed by atoms with Crippen molar-refractivity contribution in [3.8, 4) is 0 Å². The van der Waals surface area contributed by atoms with Crippen molar-refractivity contribution >= 4 is 16.8 Å². The number of nitrogens with zero attached hydrogens (tertiary/aromatic N) is 1. The van der Waals surface area contributed by atoms with Crippen LogP contribution in [-0.4, -0.2) is 33.5 Å². The van der Waals surface area contributed by atoms with Gasteiger partial charge in [0.2, 0.25) is 0 Å². The Morgan fingerprint density at radius 3 is 2.64 bits per heavy atom. The number of benzene rings is 2. The van der Waals surface area contributed by atoms with E-state index in [2.05, 4.69) is 4.98 Å². The fourth-order valence-corrected chi connectivity index (χ4v) is 5.42. The fourth-order valence-electron chi connectivity index (χ4n) is 5.42. The summed E-state index contributed by atoms with van der Waals surface area (Å²) in [5, 5.41) is 12.7. The third-order valence-electron chi connectivity index (χ3n) is 6.83. The van der Waals surface area contributed by atoms with Crippen LogP contribution in [0.2, 0.25) is 0 Å². The number of aromatic amines is 1. The van der Waals surface area contributed by atoms with Crippen molar-refractivity contribution in [3.05, 3.63) is 71.9 Å². The lowest BCUT2D eigenvalue weighted by molar-refractivity contribution is -0.110. The van der Waals surface area contributed by atoms with Crippen LogP contribution in [-0.2, 0) is 5.60 Å². The first kappa shape index (κ1) is 17.5. The smallest absolute Gasteiger partial charge is 0.256 e. The largest absolute Gasteiger partial charge is 0.385 e. The van der Waals surface area contributed by atoms with Gasteiger partial charge in [-0.3, -0.25) is 4.79 Å². The van der Waals surface area contributed by atoms with Crippen LogP contribution in [0.5, 0.6) is 0 Å². The summed E-state index contributed by atoms with van der Waals surface area (Å²) in [6, 6.07) is 18.1. The highest BCUT2D eigenvalue weighted by atomic mass is 16.3. The van der Waals surface area contributed by atoms with E-state index in [1.54, 1.807) is 0 Å². The van der Waals surface area contributed by atoms with E-state index in [-0.39, 0.29) is 17.9 Å². The molecular weight excluding hydrogens is 348 g/mol. The van der Waals surface area contributed by atoms with Gasteiger partial charge in [-0.2, -0.15) is 0 Å². The van der Waals surface area contributed by atoms with E-state index >= 15 is 0 Å². The van der Waals surface area contributed by atoms with Crippen molar-refractivity contribution < 1.29 is 9.90 Å². The normalized spacial score (nSPS) is 27.5. The summed E-state index contributed by atoms with van der Waals surface area (Å²) in [6.45, 7) is 0.588. The van der Waals surface area contributed by atoms with Gasteiger partial charge in [0.15, 0.2) is 0 Å². The third-order valence-corrected chi connectivity index (χ3v) is 6.83. The molecule has 1 saturated heterocycles. The van der Waals surface area contributed by atoms with Crippen LogP contribution in [0.15, 0.2) is 60.8 Å². The van der Waals surface area contributed by atoms with Crippen molar-refractivity contribution in [1.82, 2.24) is 9.88 Å². The lowest BCUT2D eigenvalue weighted by Gasteiger charge is -2.52. The summed E-state index contributed by atoms with van der Waals surface area (Å²) in [7, 11) is 0. The number of likely N-dealkylation sites (tertiary alicyclic amines) is 1. The highest BCUT2D eigenvalue weighted by Gasteiger charge is 2.50. The van der Waals surface area contributed by atoms with Gasteiger partial charge in [-0.1, -0.05) is 61.4 Å². The Labute approximate surface area is 165 Å². The highest BCUT2D eigenvalue weighted by molar-refractivity contribution is 6.06. The number of H-pyrrole nitrogens is 1. The zero-order chi connectivity index (χ0) is 19.1. The second-order valence-corrected chi connectivity index (χ2v) is 8.25. The van der Waals surface area contributed by atoms with Crippen molar-refractivity contribution in [2.24, 2.45) is 5.92 Å². The number of piperidine rings is 1. The molecule has 1 aliphatic heterocycles. The monoisotopic (exact) mass is 374 g/mol. The topological polar surface area (TPSA) is 56.3 Å². The van der Waals surface area contributed by atoms with Crippen LogP contribution in [0.4, 0.5) is 0 Å². The zero-order valence-corrected chi connectivity index (χ0v) is 16.0. The predicted molar refractivity (Wildman–Crippen MR) is 110 cm³/mol. The van der Waals surface area contributed by atoms with E-state index in [0.29, 0.717) is 13.0 Å². The Bertz CT molecular complexity index is 996. The van der Waals surface area contributed by atoms with Gasteiger partial charge in [0.25, 0.3) is 5.91 Å². The Hall–Kier alpha value is -2.59. The van der Waals surface area contributed by atoms with Crippen molar-refractivity contribution in [3.63, 3.8) is 0 Å². The summed E-state index contributed by atoms with van der Waals surface area (Å²) >= 11 is 0. The number of para-hydroxylation sites is 1. The zero-order valence-electron chi connectivity index (χ0n) is 16.0. The maximum atomic E-state index is 13.5. The first-order valence-corrected chi connectivity index (χ1v) is 10.3. The van der Waals surface area contributed by atoms with Crippen molar-refractivity contribution in [2.75, 3.05) is 6.54 Å². The average Bonchev–Trinajstić information content (AvgIpc) is 3.19. The SMILES string of the molecule is O=C(c1c[nH]c2ccccc12)N1CCC(O)(c2ccccc2)[C@@H]2CCCC[C@H]21. The van der Waals surface area contributed by atoms with Crippen LogP contribution in [0.3, 0.4) is 0 Å². The van der Waals surface area contributed by atoms with E-state index in [0.717, 1.165) is 47.7 Å². The van der Waals surface area contributed by atoms with Gasteiger partial charge in [0, 0.05) is 35.6 Å². The molecule has 28 heavy (non-hydrogen) atoms. The van der Waals surface area contributed by atoms with Gasteiger partial charge in [0.1, 0.15) is 0 Å². The van der Waals surface area contributed by atoms with E-state index in [9.17, 15) is 9.90 Å². The molecule has 2 fully saturated rings. The van der Waals surface area contributed by atoms with E-state index in [1.807, 2.05) is 65.7 Å². The quantitative estimate of drug-likeness (QED) is 0.696. The Morgan fingerprint density at radius 2 is 1.79 bits per heavy atom. The minimum atomic E-state index is -0.844. The van der Waals surface area contributed by atoms with E-state index in [1.165, 1.54) is 0 Å². The first-order valence-electron chi connectivity index (χ1n) is 10.3. The van der Waals surface area contributed by atoms with Crippen molar-refractivity contribution in [2.45, 2.75) is 43.7 Å². The minimum Gasteiger partial charge on any atom is -0.385 e. The summed E-state index contributed by atoms with van der Waals surface area (Å²) < 4.78 is 0. The number of fused-ring (bicyclic) bond motifs is 2. The molecule has 0 radical (unpaired) electrons. The Morgan fingerprint density at radius 1 is 1.04 bits per heavy atom. The Kier molecular flexibility index (Phi) is 4.24. The molecule has 5 rings (SSSR count). The molecule has 2 aliphatic rings. The van der Waals surface area contributed by atoms with Gasteiger partial charge in [-0.15, -0.1) is 0 Å². The molecule has 3 atom stereocenters. The predicted octanol–water partition coefficient (Wildman–Crippen LogP) is 4.46. The second kappa shape index (κ2) is 6.78. The number of nitrogens with one attached hydrogen (secondary N) is 1. The number of carbonyl (C=O) groups is 1. The van der Waals surface area contributed by atoms with Gasteiger partial charge in [0.05, 0.1) is 11.2 Å². The summed E-state index contributed by atoms with van der Waals surface area (Å²) in [5.41, 5.74) is 1.88. The molecule has 3 aromatic rings. The molecule has 1 aliphatic carbocycles. The molecule has 4 heteroatoms. The summed E-state index contributed by atoms with van der Waals surface area (Å²) in [4.78, 5) is 18.8. The van der Waals surface area contributed by atoms with E-state index < -0.39 is 5.60 Å². The highest BCUT2D eigenvalue weighted by Crippen LogP contribution is 2.47. The van der Waals surface area contributed by atoms with Crippen LogP contribution in [0.25, 0.3) is 10.9 Å². The number of hydrogen-bond donors (Lipinski definition) is 2. The number of hydrogen-bond acceptors (Lipinski definition) is 2. The van der Waals surface area contributed by atoms with Crippen molar-refractivity contribution in [1.29, 1.82) is 0 Å². The van der Waals surface area contributed by atoms with Crippen LogP contribution >= 0.6 is 0 Å². The second-order valence-electron chi connectivity index (χ2n) is 8.25. The lowest BCUT2D eigenvalue weighted by atomic mass is 9.66. The maximum Gasteiger partial charge on any atom is 0.256 e. The van der Waals surface area contributed by atoms with Gasteiger partial charge < -0.3 is 15.0 Å². The Balaban J connectivity index is 1.50. The minimum absolute atomic E-state index is 0.0875. The molecule has 2 aromatic carbocycles. The number of aromatic nitrogens is 1. The number of aliphatic hydroxyl groups is 1. The standard InChI is InChI=1S/C24H26N2O2/c27-23(19-16-25-21-12-6-4-10-18(19)21)26-15-14-24(28,17-8-2-1-3-9-17)20-11-5-7-13-22(20)26/h1-4,6,8-10,12,16,20,22,25,28H,5,7,11,13-15H2/t20-,22-,24?/m1/s1. The van der Waals surface area contributed by atoms with Crippen LogP contribution in [0, 0.1) is 5.92 Å². The molecule has 1 unspecified atom stereocenters. The summed E-state index contributed by atoms with van der Waals surface area (Å²) in [5.74, 6) is 0.177. The van der Waals surface area contributed by atoms with Gasteiger partial charge in [-0.05, 0) is 30.9 Å². The molecule has 1 saturated carbocycles. The number of carbonyl (C=O) groups excluding carboxylic acids is 1. The molecule has 144 valence electrons. The molecular formula is C24H26N2O2. The fraction of sp³-hybridized carbons (Fsp3) is 0.375. The van der Waals surface area contributed by atoms with Gasteiger partial charge in [-0.25, -0.2) is 0 Å². The summed E-state index contributed by atoms with van der Waals surface area (Å²) in [6.07, 6.45) is 6.59. The molecule has 0 bridgehead atoms. The molecule has 4 nitrogen and oxygen atoms in total. The molecule has 0 spiro atoms.